The van der Waals surface area contributed by atoms with Gasteiger partial charge in [-0.05, 0) is 12.1 Å². The highest BCUT2D eigenvalue weighted by molar-refractivity contribution is 5.88. The van der Waals surface area contributed by atoms with Crippen LogP contribution >= 0.6 is 0 Å². The van der Waals surface area contributed by atoms with Crippen LogP contribution in [0.5, 0.6) is 34.5 Å². The zero-order chi connectivity index (χ0) is 24.9. The molecule has 34 heavy (non-hydrogen) atoms. The monoisotopic (exact) mass is 480 g/mol. The van der Waals surface area contributed by atoms with Gasteiger partial charge in [0.05, 0.1) is 6.61 Å². The molecule has 4 rings (SSSR count). The molecule has 3 aromatic rings. The number of hydrogen-bond acceptors (Lipinski definition) is 13. The predicted molar refractivity (Wildman–Crippen MR) is 111 cm³/mol. The fraction of sp³-hybridized carbons (Fsp3) is 0.286. The molecule has 1 fully saturated rings. The molecule has 13 heteroatoms. The standard InChI is InChI=1S/C21H20O13/c22-6-21(20(31)16(29)12(27)5-32-21)34-19-17(30)14-9(24)3-8(23)4-13(14)33-18(19)7-1-10(25)15(28)11(26)2-7/h1-4,12,16,20,22-29,31H,5-6H2/t12-,16+,20-,21+/m1/s1. The number of ether oxygens (including phenoxy) is 2. The van der Waals surface area contributed by atoms with Gasteiger partial charge in [-0.15, -0.1) is 0 Å². The zero-order valence-electron chi connectivity index (χ0n) is 17.1. The molecule has 0 bridgehead atoms. The number of aliphatic hydroxyl groups is 4. The van der Waals surface area contributed by atoms with Crippen LogP contribution in [0.1, 0.15) is 0 Å². The van der Waals surface area contributed by atoms with E-state index in [0.717, 1.165) is 24.3 Å². The first-order chi connectivity index (χ1) is 16.0. The Morgan fingerprint density at radius 1 is 0.971 bits per heavy atom. The van der Waals surface area contributed by atoms with Crippen LogP contribution in [0.4, 0.5) is 0 Å². The number of phenols is 5. The molecule has 1 saturated heterocycles. The lowest BCUT2D eigenvalue weighted by Crippen LogP contribution is -2.65. The quantitative estimate of drug-likeness (QED) is 0.208. The van der Waals surface area contributed by atoms with Crippen molar-refractivity contribution in [3.63, 3.8) is 0 Å². The van der Waals surface area contributed by atoms with Gasteiger partial charge in [0.25, 0.3) is 5.79 Å². The molecular weight excluding hydrogens is 460 g/mol. The van der Waals surface area contributed by atoms with Crippen molar-refractivity contribution in [2.75, 3.05) is 13.2 Å². The minimum atomic E-state index is -2.48. The lowest BCUT2D eigenvalue weighted by Gasteiger charge is -2.43. The van der Waals surface area contributed by atoms with Crippen LogP contribution < -0.4 is 10.2 Å². The van der Waals surface area contributed by atoms with Crippen molar-refractivity contribution in [2.24, 2.45) is 0 Å². The molecule has 182 valence electrons. The second-order valence-electron chi connectivity index (χ2n) is 7.68. The van der Waals surface area contributed by atoms with E-state index >= 15 is 0 Å². The largest absolute Gasteiger partial charge is 0.508 e. The highest BCUT2D eigenvalue weighted by atomic mass is 16.7. The Bertz CT molecular complexity index is 1290. The highest BCUT2D eigenvalue weighted by Crippen LogP contribution is 2.43. The van der Waals surface area contributed by atoms with Crippen LogP contribution in [-0.4, -0.2) is 83.3 Å². The Morgan fingerprint density at radius 3 is 2.24 bits per heavy atom. The topological polar surface area (TPSA) is 231 Å². The zero-order valence-corrected chi connectivity index (χ0v) is 17.1. The maximum Gasteiger partial charge on any atom is 0.263 e. The molecule has 0 spiro atoms. The summed E-state index contributed by atoms with van der Waals surface area (Å²) < 4.78 is 16.4. The molecule has 9 N–H and O–H groups in total. The van der Waals surface area contributed by atoms with E-state index in [9.17, 15) is 50.8 Å². The van der Waals surface area contributed by atoms with E-state index in [-0.39, 0.29) is 11.1 Å². The molecule has 1 aromatic heterocycles. The van der Waals surface area contributed by atoms with Crippen LogP contribution in [0.15, 0.2) is 33.5 Å². The van der Waals surface area contributed by atoms with Gasteiger partial charge in [0, 0.05) is 17.7 Å². The molecular formula is C21H20O13. The lowest BCUT2D eigenvalue weighted by atomic mass is 9.97. The van der Waals surface area contributed by atoms with Gasteiger partial charge in [0.2, 0.25) is 11.2 Å². The van der Waals surface area contributed by atoms with E-state index in [1.54, 1.807) is 0 Å². The summed E-state index contributed by atoms with van der Waals surface area (Å²) in [6.45, 7) is -1.73. The van der Waals surface area contributed by atoms with Crippen molar-refractivity contribution < 1.29 is 59.8 Å². The minimum absolute atomic E-state index is 0.247. The number of fused-ring (bicyclic) bond motifs is 1. The highest BCUT2D eigenvalue weighted by Gasteiger charge is 2.52. The molecule has 1 aliphatic heterocycles. The SMILES string of the molecule is O=c1c(O[C@]2(CO)OC[C@@H](O)[C@H](O)[C@H]2O)c(-c2cc(O)c(O)c(O)c2)oc2cc(O)cc(O)c12. The van der Waals surface area contributed by atoms with Crippen molar-refractivity contribution in [1.82, 2.24) is 0 Å². The smallest absolute Gasteiger partial charge is 0.263 e. The Morgan fingerprint density at radius 2 is 1.62 bits per heavy atom. The lowest BCUT2D eigenvalue weighted by molar-refractivity contribution is -0.318. The Balaban J connectivity index is 2.01. The summed E-state index contributed by atoms with van der Waals surface area (Å²) in [4.78, 5) is 13.3. The molecule has 0 aliphatic carbocycles. The second-order valence-corrected chi connectivity index (χ2v) is 7.68. The van der Waals surface area contributed by atoms with Gasteiger partial charge in [-0.3, -0.25) is 4.79 Å². The number of rotatable bonds is 4. The fourth-order valence-corrected chi connectivity index (χ4v) is 3.60. The normalized spacial score (nSPS) is 24.9. The minimum Gasteiger partial charge on any atom is -0.508 e. The Kier molecular flexibility index (Phi) is 5.67. The first kappa shape index (κ1) is 23.4. The van der Waals surface area contributed by atoms with Gasteiger partial charge >= 0.3 is 0 Å². The van der Waals surface area contributed by atoms with E-state index in [4.69, 9.17) is 13.9 Å². The Hall–Kier alpha value is -3.75. The molecule has 0 radical (unpaired) electrons. The maximum atomic E-state index is 13.3. The van der Waals surface area contributed by atoms with Gasteiger partial charge < -0.3 is 59.8 Å². The summed E-state index contributed by atoms with van der Waals surface area (Å²) in [5.41, 5.74) is -1.69. The molecule has 13 nitrogen and oxygen atoms in total. The summed E-state index contributed by atoms with van der Waals surface area (Å²) in [6.07, 6.45) is -5.45. The van der Waals surface area contributed by atoms with Gasteiger partial charge in [-0.1, -0.05) is 0 Å². The first-order valence-corrected chi connectivity index (χ1v) is 9.75. The van der Waals surface area contributed by atoms with Crippen molar-refractivity contribution in [2.45, 2.75) is 24.1 Å². The van der Waals surface area contributed by atoms with Crippen LogP contribution in [0, 0.1) is 0 Å². The van der Waals surface area contributed by atoms with E-state index in [2.05, 4.69) is 0 Å². The average Bonchev–Trinajstić information content (AvgIpc) is 2.78. The van der Waals surface area contributed by atoms with Crippen molar-refractivity contribution in [3.8, 4) is 45.8 Å². The third kappa shape index (κ3) is 3.61. The van der Waals surface area contributed by atoms with E-state index in [0.29, 0.717) is 0 Å². The second kappa shape index (κ2) is 8.23. The molecule has 0 saturated carbocycles. The molecule has 0 unspecified atom stereocenters. The maximum absolute atomic E-state index is 13.3. The van der Waals surface area contributed by atoms with Crippen molar-refractivity contribution in [3.05, 3.63) is 34.5 Å². The third-order valence-electron chi connectivity index (χ3n) is 5.41. The van der Waals surface area contributed by atoms with E-state index < -0.39 is 88.4 Å². The number of aliphatic hydroxyl groups excluding tert-OH is 4. The fourth-order valence-electron chi connectivity index (χ4n) is 3.60. The molecule has 0 amide bonds. The summed E-state index contributed by atoms with van der Waals surface area (Å²) in [6, 6.07) is 3.60. The van der Waals surface area contributed by atoms with Crippen molar-refractivity contribution in [1.29, 1.82) is 0 Å². The summed E-state index contributed by atoms with van der Waals surface area (Å²) in [5.74, 6) is -7.52. The van der Waals surface area contributed by atoms with Gasteiger partial charge in [0.15, 0.2) is 23.0 Å². The van der Waals surface area contributed by atoms with Gasteiger partial charge in [0.1, 0.15) is 47.4 Å². The van der Waals surface area contributed by atoms with Crippen LogP contribution in [-0.2, 0) is 4.74 Å². The van der Waals surface area contributed by atoms with Gasteiger partial charge in [-0.25, -0.2) is 0 Å². The molecule has 2 heterocycles. The number of phenolic OH excluding ortho intramolecular Hbond substituents is 5. The number of aromatic hydroxyl groups is 5. The predicted octanol–water partition coefficient (Wildman–Crippen LogP) is -0.832. The van der Waals surface area contributed by atoms with Crippen molar-refractivity contribution >= 4 is 11.0 Å². The van der Waals surface area contributed by atoms with E-state index in [1.165, 1.54) is 0 Å². The molecule has 2 aromatic carbocycles. The summed E-state index contributed by atoms with van der Waals surface area (Å²) in [5, 5.41) is 89.2. The first-order valence-electron chi connectivity index (χ1n) is 9.75. The third-order valence-corrected chi connectivity index (χ3v) is 5.41. The summed E-state index contributed by atoms with van der Waals surface area (Å²) in [7, 11) is 0. The van der Waals surface area contributed by atoms with E-state index in [1.807, 2.05) is 0 Å². The average molecular weight is 480 g/mol. The molecule has 1 aliphatic rings. The van der Waals surface area contributed by atoms with Crippen LogP contribution in [0.3, 0.4) is 0 Å². The summed E-state index contributed by atoms with van der Waals surface area (Å²) >= 11 is 0. The molecule has 4 atom stereocenters. The van der Waals surface area contributed by atoms with Crippen LogP contribution in [0.2, 0.25) is 0 Å². The van der Waals surface area contributed by atoms with Crippen LogP contribution in [0.25, 0.3) is 22.3 Å². The Labute approximate surface area is 189 Å². The number of hydrogen-bond donors (Lipinski definition) is 9. The van der Waals surface area contributed by atoms with Gasteiger partial charge in [-0.2, -0.15) is 0 Å². The number of benzene rings is 2.